The van der Waals surface area contributed by atoms with Crippen LogP contribution in [0.25, 0.3) is 11.2 Å². The van der Waals surface area contributed by atoms with Crippen molar-refractivity contribution >= 4 is 38.6 Å². The summed E-state index contributed by atoms with van der Waals surface area (Å²) in [7, 11) is -10.3. The number of fused-ring (bicyclic) bond motifs is 1. The molecule has 0 amide bonds. The molecule has 0 aromatic carbocycles. The number of aromatic nitrogens is 6. The fraction of sp³-hybridized carbons (Fsp3) is 0.526. The van der Waals surface area contributed by atoms with Gasteiger partial charge in [-0.15, -0.1) is 0 Å². The Morgan fingerprint density at radius 3 is 2.27 bits per heavy atom. The molecule has 5 rings (SSSR count). The van der Waals surface area contributed by atoms with Crippen molar-refractivity contribution in [3.63, 3.8) is 0 Å². The van der Waals surface area contributed by atoms with Crippen LogP contribution >= 0.6 is 15.6 Å². The Balaban J connectivity index is 1.30. The number of aromatic amines is 1. The lowest BCUT2D eigenvalue weighted by Gasteiger charge is -2.24. The van der Waals surface area contributed by atoms with Gasteiger partial charge in [-0.3, -0.25) is 32.5 Å². The minimum Gasteiger partial charge on any atom is -0.387 e. The van der Waals surface area contributed by atoms with Gasteiger partial charge >= 0.3 is 21.3 Å². The number of nitrogens with one attached hydrogen (secondary N) is 1. The fourth-order valence-corrected chi connectivity index (χ4v) is 5.89. The first-order valence-corrected chi connectivity index (χ1v) is 15.3. The number of H-pyrrole nitrogens is 1. The molecule has 0 spiro atoms. The van der Waals surface area contributed by atoms with Crippen LogP contribution in [0, 0.1) is 0 Å². The summed E-state index contributed by atoms with van der Waals surface area (Å²) in [6.07, 6.45) is -11.2. The quantitative estimate of drug-likeness (QED) is 0.0930. The molecule has 23 nitrogen and oxygen atoms in total. The highest BCUT2D eigenvalue weighted by Crippen LogP contribution is 2.49. The Bertz CT molecular complexity index is 1740. The molecule has 2 saturated heterocycles. The number of anilines is 2. The topological polar surface area (TPSA) is 352 Å². The minimum atomic E-state index is -5.23. The van der Waals surface area contributed by atoms with Crippen molar-refractivity contribution in [1.29, 1.82) is 0 Å². The van der Waals surface area contributed by atoms with E-state index >= 15 is 0 Å². The average molecular weight is 668 g/mol. The molecule has 25 heteroatoms. The van der Waals surface area contributed by atoms with E-state index in [1.807, 2.05) is 0 Å². The Hall–Kier alpha value is -3.15. The van der Waals surface area contributed by atoms with Crippen LogP contribution in [0.4, 0.5) is 11.8 Å². The standard InChI is InChI=1S/C19H26N8O15P2/c20-8-1-2-26(19(32)23-8)17-12(30)13(7(41-17)4-38-43(33,34)35)42-44(36,37)39-3-6-10(28)11(29)16(40-6)27-5-22-9-14(27)24-18(21)25-15(9)31/h1-2,5-7,10-13,16-17,28-30H,3-4H2,(H,36,37)(H2,20,23,32)(H2,33,34,35)(H3,21,24,25,31)/t6-,7-,10-,11-,12-,13-,16-,17-/m1/s1. The van der Waals surface area contributed by atoms with Gasteiger partial charge in [0.25, 0.3) is 5.56 Å². The Morgan fingerprint density at radius 1 is 0.932 bits per heavy atom. The predicted octanol–water partition coefficient (Wildman–Crippen LogP) is -3.97. The second-order valence-electron chi connectivity index (χ2n) is 9.54. The summed E-state index contributed by atoms with van der Waals surface area (Å²) in [6.45, 7) is -1.86. The van der Waals surface area contributed by atoms with Gasteiger partial charge < -0.3 is 50.9 Å². The summed E-state index contributed by atoms with van der Waals surface area (Å²) in [5.41, 5.74) is 9.10. The van der Waals surface area contributed by atoms with Crippen LogP contribution in [0.15, 0.2) is 28.2 Å². The Kier molecular flexibility index (Phi) is 8.78. The summed E-state index contributed by atoms with van der Waals surface area (Å²) >= 11 is 0. The molecule has 9 atom stereocenters. The number of nitrogens with two attached hydrogens (primary N) is 2. The molecule has 0 radical (unpaired) electrons. The van der Waals surface area contributed by atoms with Gasteiger partial charge in [0.1, 0.15) is 42.4 Å². The average Bonchev–Trinajstić information content (AvgIpc) is 3.56. The zero-order valence-electron chi connectivity index (χ0n) is 21.9. The summed E-state index contributed by atoms with van der Waals surface area (Å²) in [6, 6.07) is 1.18. The third-order valence-electron chi connectivity index (χ3n) is 6.56. The van der Waals surface area contributed by atoms with Crippen LogP contribution < -0.4 is 22.7 Å². The number of hydrogen-bond donors (Lipinski definition) is 9. The lowest BCUT2D eigenvalue weighted by atomic mass is 10.1. The summed E-state index contributed by atoms with van der Waals surface area (Å²) in [5, 5.41) is 31.9. The molecule has 2 aliphatic rings. The zero-order valence-corrected chi connectivity index (χ0v) is 23.7. The lowest BCUT2D eigenvalue weighted by Crippen LogP contribution is -2.38. The highest BCUT2D eigenvalue weighted by molar-refractivity contribution is 7.47. The van der Waals surface area contributed by atoms with Gasteiger partial charge in [0.2, 0.25) is 5.95 Å². The van der Waals surface area contributed by atoms with E-state index in [2.05, 4.69) is 24.5 Å². The number of imidazole rings is 1. The third kappa shape index (κ3) is 6.60. The zero-order chi connectivity index (χ0) is 32.1. The van der Waals surface area contributed by atoms with Crippen molar-refractivity contribution in [2.24, 2.45) is 0 Å². The number of nitrogen functional groups attached to an aromatic ring is 2. The molecule has 2 fully saturated rings. The van der Waals surface area contributed by atoms with Gasteiger partial charge in [0, 0.05) is 6.20 Å². The van der Waals surface area contributed by atoms with Crippen LogP contribution in [0.2, 0.25) is 0 Å². The smallest absolute Gasteiger partial charge is 0.387 e. The molecule has 0 aliphatic carbocycles. The number of phosphoric ester groups is 2. The number of ether oxygens (including phenoxy) is 2. The van der Waals surface area contributed by atoms with Gasteiger partial charge in [0.05, 0.1) is 19.5 Å². The maximum Gasteiger partial charge on any atom is 0.472 e. The number of rotatable bonds is 10. The molecule has 242 valence electrons. The van der Waals surface area contributed by atoms with Gasteiger partial charge in [-0.2, -0.15) is 9.97 Å². The van der Waals surface area contributed by atoms with Gasteiger partial charge in [-0.05, 0) is 6.07 Å². The van der Waals surface area contributed by atoms with E-state index in [-0.39, 0.29) is 22.9 Å². The highest BCUT2D eigenvalue weighted by atomic mass is 31.2. The first-order valence-electron chi connectivity index (χ1n) is 12.3. The first kappa shape index (κ1) is 32.2. The van der Waals surface area contributed by atoms with Crippen molar-refractivity contribution in [3.05, 3.63) is 39.4 Å². The van der Waals surface area contributed by atoms with Crippen LogP contribution in [0.3, 0.4) is 0 Å². The molecule has 44 heavy (non-hydrogen) atoms. The fourth-order valence-electron chi connectivity index (χ4n) is 4.58. The van der Waals surface area contributed by atoms with Crippen molar-refractivity contribution < 1.29 is 62.2 Å². The number of nitrogens with zero attached hydrogens (tertiary/aromatic N) is 5. The second kappa shape index (κ2) is 12.0. The van der Waals surface area contributed by atoms with Crippen LogP contribution in [-0.4, -0.2) is 109 Å². The largest absolute Gasteiger partial charge is 0.472 e. The number of phosphoric acid groups is 2. The number of aliphatic hydroxyl groups is 3. The maximum atomic E-state index is 12.9. The van der Waals surface area contributed by atoms with E-state index in [4.69, 9.17) is 39.8 Å². The minimum absolute atomic E-state index is 0.0935. The summed E-state index contributed by atoms with van der Waals surface area (Å²) in [5.74, 6) is -0.432. The highest BCUT2D eigenvalue weighted by Gasteiger charge is 2.51. The van der Waals surface area contributed by atoms with Crippen molar-refractivity contribution in [1.82, 2.24) is 29.1 Å². The van der Waals surface area contributed by atoms with Crippen molar-refractivity contribution in [2.75, 3.05) is 24.7 Å². The molecule has 11 N–H and O–H groups in total. The van der Waals surface area contributed by atoms with Gasteiger partial charge in [-0.25, -0.2) is 18.9 Å². The van der Waals surface area contributed by atoms with Crippen molar-refractivity contribution in [2.45, 2.75) is 49.1 Å². The molecule has 2 aliphatic heterocycles. The predicted molar refractivity (Wildman–Crippen MR) is 140 cm³/mol. The van der Waals surface area contributed by atoms with Crippen LogP contribution in [0.1, 0.15) is 12.5 Å². The van der Waals surface area contributed by atoms with E-state index in [1.165, 1.54) is 6.07 Å². The molecule has 0 saturated carbocycles. The molecule has 3 aromatic rings. The van der Waals surface area contributed by atoms with Gasteiger partial charge in [0.15, 0.2) is 23.6 Å². The van der Waals surface area contributed by atoms with Gasteiger partial charge in [-0.1, -0.05) is 0 Å². The van der Waals surface area contributed by atoms with E-state index < -0.39 is 89.2 Å². The Morgan fingerprint density at radius 2 is 1.59 bits per heavy atom. The van der Waals surface area contributed by atoms with E-state index in [0.29, 0.717) is 0 Å². The molecular weight excluding hydrogens is 642 g/mol. The Labute approximate surface area is 243 Å². The van der Waals surface area contributed by atoms with Crippen LogP contribution in [-0.2, 0) is 32.2 Å². The number of hydrogen-bond acceptors (Lipinski definition) is 17. The van der Waals surface area contributed by atoms with E-state index in [1.54, 1.807) is 0 Å². The maximum absolute atomic E-state index is 12.9. The molecule has 5 heterocycles. The first-order chi connectivity index (χ1) is 20.5. The van der Waals surface area contributed by atoms with E-state index in [9.17, 15) is 38.9 Å². The molecule has 0 bridgehead atoms. The molecule has 1 unspecified atom stereocenters. The lowest BCUT2D eigenvalue weighted by molar-refractivity contribution is -0.0589. The summed E-state index contributed by atoms with van der Waals surface area (Å²) < 4.78 is 51.4. The monoisotopic (exact) mass is 668 g/mol. The second-order valence-corrected chi connectivity index (χ2v) is 12.2. The molecule has 3 aromatic heterocycles. The SMILES string of the molecule is Nc1ccn([C@@H]2O[C@H](COP(=O)(O)O)[C@@H](OP(=O)(O)OC[C@H]3O[C@@H](n4cnc5c(=O)[nH]c(N)nc54)[C@H](O)[C@@H]3O)[C@H]2O)c(=O)n1. The summed E-state index contributed by atoms with van der Waals surface area (Å²) in [4.78, 5) is 66.5. The molecular formula is C19H26N8O15P2. The normalized spacial score (nSPS) is 30.6. The van der Waals surface area contributed by atoms with Crippen LogP contribution in [0.5, 0.6) is 0 Å². The number of aliphatic hydroxyl groups excluding tert-OH is 3. The van der Waals surface area contributed by atoms with E-state index in [0.717, 1.165) is 21.7 Å². The van der Waals surface area contributed by atoms with Crippen molar-refractivity contribution in [3.8, 4) is 0 Å². The third-order valence-corrected chi connectivity index (χ3v) is 8.03.